The van der Waals surface area contributed by atoms with Gasteiger partial charge in [-0.15, -0.1) is 0 Å². The fourth-order valence-electron chi connectivity index (χ4n) is 1.42. The van der Waals surface area contributed by atoms with Crippen LogP contribution in [0.5, 0.6) is 11.6 Å². The van der Waals surface area contributed by atoms with Crippen LogP contribution in [0, 0.1) is 0 Å². The molecule has 1 rings (SSSR count). The number of nitrogens with zero attached hydrogens (tertiary/aromatic N) is 1. The molecule has 1 aromatic rings. The zero-order valence-corrected chi connectivity index (χ0v) is 11.3. The Labute approximate surface area is 109 Å². The highest BCUT2D eigenvalue weighted by atomic mass is 32.2. The molecule has 0 spiro atoms. The van der Waals surface area contributed by atoms with Gasteiger partial charge in [-0.25, -0.2) is 9.19 Å². The molecule has 0 aliphatic carbocycles. The van der Waals surface area contributed by atoms with Crippen LogP contribution >= 0.6 is 0 Å². The van der Waals surface area contributed by atoms with Crippen LogP contribution in [-0.2, 0) is 11.1 Å². The van der Waals surface area contributed by atoms with E-state index in [9.17, 15) is 4.21 Å². The minimum Gasteiger partial charge on any atom is -0.491 e. The summed E-state index contributed by atoms with van der Waals surface area (Å²) in [5.41, 5.74) is 6.51. The molecule has 1 heterocycles. The van der Waals surface area contributed by atoms with E-state index in [4.69, 9.17) is 19.8 Å². The molecule has 0 amide bonds. The van der Waals surface area contributed by atoms with E-state index in [1.807, 2.05) is 6.92 Å². The van der Waals surface area contributed by atoms with Gasteiger partial charge in [0.15, 0.2) is 16.8 Å². The van der Waals surface area contributed by atoms with Gasteiger partial charge in [0.2, 0.25) is 0 Å². The third-order valence-electron chi connectivity index (χ3n) is 2.33. The predicted octanol–water partition coefficient (Wildman–Crippen LogP) is 1.10. The van der Waals surface area contributed by atoms with Gasteiger partial charge < -0.3 is 19.8 Å². The maximum absolute atomic E-state index is 10.6. The molecule has 18 heavy (non-hydrogen) atoms. The van der Waals surface area contributed by atoms with Gasteiger partial charge in [-0.3, -0.25) is 0 Å². The lowest BCUT2D eigenvalue weighted by Crippen LogP contribution is -2.15. The van der Waals surface area contributed by atoms with E-state index < -0.39 is 17.1 Å². The van der Waals surface area contributed by atoms with E-state index in [0.717, 1.165) is 0 Å². The Morgan fingerprint density at radius 3 is 2.83 bits per heavy atom. The average molecular weight is 274 g/mol. The number of rotatable bonds is 7. The molecule has 0 fully saturated rings. The molecular weight excluding hydrogens is 256 g/mol. The molecule has 102 valence electrons. The van der Waals surface area contributed by atoms with Crippen molar-refractivity contribution in [2.24, 2.45) is 5.73 Å². The third-order valence-corrected chi connectivity index (χ3v) is 2.92. The van der Waals surface area contributed by atoms with Gasteiger partial charge in [0.1, 0.15) is 0 Å². The Bertz CT molecular complexity index is 414. The molecular formula is C11H18N2O4S. The Hall–Kier alpha value is -1.18. The van der Waals surface area contributed by atoms with Crippen LogP contribution in [0.4, 0.5) is 0 Å². The van der Waals surface area contributed by atoms with Gasteiger partial charge in [-0.2, -0.15) is 0 Å². The van der Waals surface area contributed by atoms with Crippen LogP contribution < -0.4 is 15.2 Å². The first-order valence-corrected chi connectivity index (χ1v) is 6.86. The van der Waals surface area contributed by atoms with Crippen LogP contribution in [0.15, 0.2) is 12.1 Å². The molecule has 1 aromatic heterocycles. The van der Waals surface area contributed by atoms with Crippen LogP contribution in [0.1, 0.15) is 25.1 Å². The molecule has 6 nitrogen and oxygen atoms in total. The van der Waals surface area contributed by atoms with Crippen molar-refractivity contribution in [2.75, 3.05) is 19.5 Å². The van der Waals surface area contributed by atoms with Gasteiger partial charge in [0.25, 0.3) is 5.88 Å². The molecule has 0 radical (unpaired) electrons. The van der Waals surface area contributed by atoms with Gasteiger partial charge in [-0.1, -0.05) is 0 Å². The molecule has 0 aliphatic heterocycles. The number of hydrogen-bond acceptors (Lipinski definition) is 5. The van der Waals surface area contributed by atoms with E-state index in [1.165, 1.54) is 7.11 Å². The third kappa shape index (κ3) is 4.25. The second kappa shape index (κ2) is 7.30. The molecule has 0 saturated carbocycles. The van der Waals surface area contributed by atoms with Crippen molar-refractivity contribution in [3.8, 4) is 11.6 Å². The molecule has 1 unspecified atom stereocenters. The SMILES string of the molecule is CCOc1nc([C@H](N)CCS(=O)O)ccc1OC. The lowest BCUT2D eigenvalue weighted by molar-refractivity contribution is 0.296. The summed E-state index contributed by atoms with van der Waals surface area (Å²) in [6, 6.07) is 3.06. The van der Waals surface area contributed by atoms with Gasteiger partial charge in [-0.05, 0) is 25.5 Å². The van der Waals surface area contributed by atoms with Crippen molar-refractivity contribution in [2.45, 2.75) is 19.4 Å². The first kappa shape index (κ1) is 14.9. The number of pyridine rings is 1. The zero-order valence-electron chi connectivity index (χ0n) is 10.5. The van der Waals surface area contributed by atoms with Crippen molar-refractivity contribution in [3.05, 3.63) is 17.8 Å². The fourth-order valence-corrected chi connectivity index (χ4v) is 1.88. The van der Waals surface area contributed by atoms with E-state index in [-0.39, 0.29) is 5.75 Å². The average Bonchev–Trinajstić information content (AvgIpc) is 2.36. The summed E-state index contributed by atoms with van der Waals surface area (Å²) in [5.74, 6) is 1.05. The summed E-state index contributed by atoms with van der Waals surface area (Å²) in [7, 11) is 1.54. The van der Waals surface area contributed by atoms with Crippen molar-refractivity contribution in [1.29, 1.82) is 0 Å². The Morgan fingerprint density at radius 1 is 1.56 bits per heavy atom. The van der Waals surface area contributed by atoms with Crippen LogP contribution in [0.2, 0.25) is 0 Å². The Balaban J connectivity index is 2.82. The minimum atomic E-state index is -1.84. The van der Waals surface area contributed by atoms with Crippen molar-refractivity contribution >= 4 is 11.1 Å². The first-order valence-electron chi connectivity index (χ1n) is 5.59. The summed E-state index contributed by atoms with van der Waals surface area (Å²) in [6.45, 7) is 2.32. The monoisotopic (exact) mass is 274 g/mol. The number of methoxy groups -OCH3 is 1. The summed E-state index contributed by atoms with van der Waals surface area (Å²) >= 11 is -1.84. The van der Waals surface area contributed by atoms with E-state index in [1.54, 1.807) is 12.1 Å². The number of aromatic nitrogens is 1. The number of hydrogen-bond donors (Lipinski definition) is 2. The highest BCUT2D eigenvalue weighted by Gasteiger charge is 2.13. The lowest BCUT2D eigenvalue weighted by atomic mass is 10.1. The largest absolute Gasteiger partial charge is 0.491 e. The Kier molecular flexibility index (Phi) is 6.03. The van der Waals surface area contributed by atoms with Gasteiger partial charge in [0.05, 0.1) is 25.2 Å². The number of ether oxygens (including phenoxy) is 2. The molecule has 2 atom stereocenters. The van der Waals surface area contributed by atoms with E-state index in [2.05, 4.69) is 4.98 Å². The van der Waals surface area contributed by atoms with Gasteiger partial charge >= 0.3 is 0 Å². The molecule has 0 bridgehead atoms. The Morgan fingerprint density at radius 2 is 2.28 bits per heavy atom. The van der Waals surface area contributed by atoms with E-state index in [0.29, 0.717) is 30.4 Å². The fraction of sp³-hybridized carbons (Fsp3) is 0.545. The van der Waals surface area contributed by atoms with Crippen molar-refractivity contribution < 1.29 is 18.2 Å². The van der Waals surface area contributed by atoms with Crippen molar-refractivity contribution in [3.63, 3.8) is 0 Å². The summed E-state index contributed by atoms with van der Waals surface area (Å²) in [4.78, 5) is 4.26. The lowest BCUT2D eigenvalue weighted by Gasteiger charge is -2.13. The smallest absolute Gasteiger partial charge is 0.257 e. The van der Waals surface area contributed by atoms with Gasteiger partial charge in [0, 0.05) is 6.04 Å². The molecule has 3 N–H and O–H groups in total. The zero-order chi connectivity index (χ0) is 13.5. The summed E-state index contributed by atoms with van der Waals surface area (Å²) < 4.78 is 29.8. The summed E-state index contributed by atoms with van der Waals surface area (Å²) in [5, 5.41) is 0. The van der Waals surface area contributed by atoms with Crippen LogP contribution in [-0.4, -0.2) is 33.2 Å². The van der Waals surface area contributed by atoms with E-state index >= 15 is 0 Å². The van der Waals surface area contributed by atoms with Crippen LogP contribution in [0.3, 0.4) is 0 Å². The predicted molar refractivity (Wildman–Crippen MR) is 69.1 cm³/mol. The minimum absolute atomic E-state index is 0.124. The highest BCUT2D eigenvalue weighted by Crippen LogP contribution is 2.26. The first-order chi connectivity index (χ1) is 8.58. The highest BCUT2D eigenvalue weighted by molar-refractivity contribution is 7.79. The van der Waals surface area contributed by atoms with Crippen LogP contribution in [0.25, 0.3) is 0 Å². The second-order valence-electron chi connectivity index (χ2n) is 3.60. The quantitative estimate of drug-likeness (QED) is 0.723. The summed E-state index contributed by atoms with van der Waals surface area (Å²) in [6.07, 6.45) is 0.383. The standard InChI is InChI=1S/C11H18N2O4S/c1-3-17-11-10(16-2)5-4-9(13-11)8(12)6-7-18(14)15/h4-5,8H,3,6-7,12H2,1-2H3,(H,14,15)/t8-/m1/s1. The maximum atomic E-state index is 10.6. The van der Waals surface area contributed by atoms with Crippen molar-refractivity contribution in [1.82, 2.24) is 4.98 Å². The normalized spacial score (nSPS) is 14.0. The molecule has 0 aromatic carbocycles. The number of nitrogens with two attached hydrogens (primary N) is 1. The topological polar surface area (TPSA) is 94.7 Å². The maximum Gasteiger partial charge on any atom is 0.257 e. The molecule has 0 aliphatic rings. The molecule has 0 saturated heterocycles. The molecule has 7 heteroatoms. The second-order valence-corrected chi connectivity index (χ2v) is 4.65.